The van der Waals surface area contributed by atoms with E-state index in [1.54, 1.807) is 0 Å². The van der Waals surface area contributed by atoms with Gasteiger partial charge in [0.2, 0.25) is 0 Å². The van der Waals surface area contributed by atoms with Crippen LogP contribution in [0.4, 0.5) is 0 Å². The lowest BCUT2D eigenvalue weighted by Gasteiger charge is -2.30. The molecule has 20 heavy (non-hydrogen) atoms. The third-order valence-corrected chi connectivity index (χ3v) is 4.80. The van der Waals surface area contributed by atoms with Crippen LogP contribution < -0.4 is 0 Å². The highest BCUT2D eigenvalue weighted by molar-refractivity contribution is 5.76. The zero-order valence-corrected chi connectivity index (χ0v) is 11.8. The highest BCUT2D eigenvalue weighted by atomic mass is 16.5. The molecule has 0 aromatic heterocycles. The van der Waals surface area contributed by atoms with E-state index in [1.807, 2.05) is 18.2 Å². The largest absolute Gasteiger partial charge is 0.481 e. The van der Waals surface area contributed by atoms with Crippen molar-refractivity contribution in [2.75, 3.05) is 6.61 Å². The van der Waals surface area contributed by atoms with Gasteiger partial charge in [0, 0.05) is 6.61 Å². The minimum atomic E-state index is -0.653. The first-order chi connectivity index (χ1) is 9.72. The van der Waals surface area contributed by atoms with Crippen LogP contribution in [0.2, 0.25) is 0 Å². The van der Waals surface area contributed by atoms with Crippen LogP contribution in [-0.2, 0) is 16.0 Å². The number of ether oxygens (including phenoxy) is 1. The molecule has 108 valence electrons. The molecule has 2 fully saturated rings. The lowest BCUT2D eigenvalue weighted by atomic mass is 9.74. The van der Waals surface area contributed by atoms with Crippen LogP contribution >= 0.6 is 0 Å². The summed E-state index contributed by atoms with van der Waals surface area (Å²) in [6.45, 7) is 0.610. The van der Waals surface area contributed by atoms with Gasteiger partial charge in [-0.1, -0.05) is 30.3 Å². The van der Waals surface area contributed by atoms with E-state index in [2.05, 4.69) is 12.1 Å². The SMILES string of the molecule is O=C(O)C1(CCCc2ccccc2)CCOC1C1CC1. The maximum atomic E-state index is 11.8. The van der Waals surface area contributed by atoms with Crippen LogP contribution in [0, 0.1) is 11.3 Å². The molecule has 1 N–H and O–H groups in total. The van der Waals surface area contributed by atoms with Crippen LogP contribution in [0.1, 0.15) is 37.7 Å². The molecule has 0 amide bonds. The summed E-state index contributed by atoms with van der Waals surface area (Å²) in [6.07, 6.45) is 5.51. The molecule has 1 aromatic rings. The van der Waals surface area contributed by atoms with E-state index in [0.717, 1.165) is 32.1 Å². The molecule has 2 atom stereocenters. The van der Waals surface area contributed by atoms with Crippen molar-refractivity contribution in [3.05, 3.63) is 35.9 Å². The molecule has 1 heterocycles. The predicted molar refractivity (Wildman–Crippen MR) is 76.5 cm³/mol. The lowest BCUT2D eigenvalue weighted by Crippen LogP contribution is -2.40. The van der Waals surface area contributed by atoms with Gasteiger partial charge in [0.1, 0.15) is 0 Å². The quantitative estimate of drug-likeness (QED) is 0.866. The Labute approximate surface area is 120 Å². The van der Waals surface area contributed by atoms with E-state index < -0.39 is 11.4 Å². The maximum absolute atomic E-state index is 11.8. The fourth-order valence-corrected chi connectivity index (χ4v) is 3.51. The summed E-state index contributed by atoms with van der Waals surface area (Å²) in [7, 11) is 0. The molecule has 0 radical (unpaired) electrons. The molecule has 2 unspecified atom stereocenters. The molecular weight excluding hydrogens is 252 g/mol. The standard InChI is InChI=1S/C17H22O3/c18-16(19)17(11-12-20-15(17)14-8-9-14)10-4-7-13-5-2-1-3-6-13/h1-3,5-6,14-15H,4,7-12H2,(H,18,19). The van der Waals surface area contributed by atoms with Crippen molar-refractivity contribution in [3.8, 4) is 0 Å². The van der Waals surface area contributed by atoms with Crippen LogP contribution in [0.15, 0.2) is 30.3 Å². The molecular formula is C17H22O3. The Morgan fingerprint density at radius 2 is 2.05 bits per heavy atom. The number of carboxylic acid groups (broad SMARTS) is 1. The Morgan fingerprint density at radius 3 is 2.70 bits per heavy atom. The van der Waals surface area contributed by atoms with E-state index in [-0.39, 0.29) is 6.10 Å². The third kappa shape index (κ3) is 2.59. The van der Waals surface area contributed by atoms with Gasteiger partial charge in [0.05, 0.1) is 11.5 Å². The third-order valence-electron chi connectivity index (χ3n) is 4.80. The molecule has 1 aliphatic carbocycles. The Morgan fingerprint density at radius 1 is 1.30 bits per heavy atom. The first-order valence-corrected chi connectivity index (χ1v) is 7.61. The van der Waals surface area contributed by atoms with Gasteiger partial charge in [-0.2, -0.15) is 0 Å². The van der Waals surface area contributed by atoms with Crippen molar-refractivity contribution in [1.82, 2.24) is 0 Å². The normalized spacial score (nSPS) is 29.5. The van der Waals surface area contributed by atoms with Gasteiger partial charge in [0.15, 0.2) is 0 Å². The van der Waals surface area contributed by atoms with E-state index >= 15 is 0 Å². The number of carbonyl (C=O) groups is 1. The maximum Gasteiger partial charge on any atom is 0.312 e. The number of carboxylic acids is 1. The van der Waals surface area contributed by atoms with E-state index in [4.69, 9.17) is 4.74 Å². The first kappa shape index (κ1) is 13.6. The van der Waals surface area contributed by atoms with Gasteiger partial charge < -0.3 is 9.84 Å². The van der Waals surface area contributed by atoms with Gasteiger partial charge in [-0.3, -0.25) is 4.79 Å². The van der Waals surface area contributed by atoms with Crippen LogP contribution in [0.5, 0.6) is 0 Å². The summed E-state index contributed by atoms with van der Waals surface area (Å²) in [6, 6.07) is 10.3. The Hall–Kier alpha value is -1.35. The number of hydrogen-bond donors (Lipinski definition) is 1. The van der Waals surface area contributed by atoms with Crippen LogP contribution in [0.3, 0.4) is 0 Å². The summed E-state index contributed by atoms with van der Waals surface area (Å²) in [5.74, 6) is -0.162. The monoisotopic (exact) mass is 274 g/mol. The fraction of sp³-hybridized carbons (Fsp3) is 0.588. The molecule has 1 aliphatic heterocycles. The van der Waals surface area contributed by atoms with E-state index in [9.17, 15) is 9.90 Å². The van der Waals surface area contributed by atoms with Crippen molar-refractivity contribution in [2.24, 2.45) is 11.3 Å². The molecule has 0 spiro atoms. The van der Waals surface area contributed by atoms with E-state index in [1.165, 1.54) is 5.56 Å². The molecule has 1 saturated heterocycles. The number of hydrogen-bond acceptors (Lipinski definition) is 2. The number of rotatable bonds is 6. The number of aliphatic carboxylic acids is 1. The van der Waals surface area contributed by atoms with Gasteiger partial charge >= 0.3 is 5.97 Å². The average molecular weight is 274 g/mol. The Balaban J connectivity index is 1.64. The molecule has 1 aromatic carbocycles. The van der Waals surface area contributed by atoms with E-state index in [0.29, 0.717) is 18.9 Å². The smallest absolute Gasteiger partial charge is 0.312 e. The van der Waals surface area contributed by atoms with Gasteiger partial charge in [0.25, 0.3) is 0 Å². The van der Waals surface area contributed by atoms with Crippen molar-refractivity contribution in [2.45, 2.75) is 44.6 Å². The zero-order chi connectivity index (χ0) is 14.0. The van der Waals surface area contributed by atoms with Crippen molar-refractivity contribution < 1.29 is 14.6 Å². The molecule has 0 bridgehead atoms. The van der Waals surface area contributed by atoms with Crippen molar-refractivity contribution in [1.29, 1.82) is 0 Å². The molecule has 3 heteroatoms. The summed E-state index contributed by atoms with van der Waals surface area (Å²) < 4.78 is 5.78. The summed E-state index contributed by atoms with van der Waals surface area (Å²) in [5, 5.41) is 9.73. The van der Waals surface area contributed by atoms with Crippen LogP contribution in [-0.4, -0.2) is 23.8 Å². The van der Waals surface area contributed by atoms with Gasteiger partial charge in [-0.15, -0.1) is 0 Å². The zero-order valence-electron chi connectivity index (χ0n) is 11.8. The molecule has 3 rings (SSSR count). The summed E-state index contributed by atoms with van der Waals surface area (Å²) in [5.41, 5.74) is 0.658. The minimum absolute atomic E-state index is 0.0456. The van der Waals surface area contributed by atoms with Crippen molar-refractivity contribution >= 4 is 5.97 Å². The van der Waals surface area contributed by atoms with Crippen molar-refractivity contribution in [3.63, 3.8) is 0 Å². The average Bonchev–Trinajstić information content (AvgIpc) is 3.20. The fourth-order valence-electron chi connectivity index (χ4n) is 3.51. The molecule has 2 aliphatic rings. The van der Waals surface area contributed by atoms with Gasteiger partial charge in [-0.25, -0.2) is 0 Å². The number of aryl methyl sites for hydroxylation is 1. The second-order valence-corrected chi connectivity index (χ2v) is 6.18. The topological polar surface area (TPSA) is 46.5 Å². The highest BCUT2D eigenvalue weighted by Gasteiger charge is 2.55. The highest BCUT2D eigenvalue weighted by Crippen LogP contribution is 2.50. The lowest BCUT2D eigenvalue weighted by molar-refractivity contribution is -0.154. The predicted octanol–water partition coefficient (Wildman–Crippen LogP) is 3.28. The molecule has 1 saturated carbocycles. The molecule has 3 nitrogen and oxygen atoms in total. The summed E-state index contributed by atoms with van der Waals surface area (Å²) in [4.78, 5) is 11.8. The minimum Gasteiger partial charge on any atom is -0.481 e. The van der Waals surface area contributed by atoms with Gasteiger partial charge in [-0.05, 0) is 50.0 Å². The van der Waals surface area contributed by atoms with Crippen LogP contribution in [0.25, 0.3) is 0 Å². The second kappa shape index (κ2) is 5.57. The second-order valence-electron chi connectivity index (χ2n) is 6.18. The number of benzene rings is 1. The Kier molecular flexibility index (Phi) is 3.79. The Bertz CT molecular complexity index is 466. The summed E-state index contributed by atoms with van der Waals surface area (Å²) >= 11 is 0. The first-order valence-electron chi connectivity index (χ1n) is 7.61.